The zero-order valence-electron chi connectivity index (χ0n) is 10.5. The summed E-state index contributed by atoms with van der Waals surface area (Å²) in [7, 11) is -3.50. The Bertz CT molecular complexity index is 478. The molecular formula is C11H17Cl2NO2S2. The predicted octanol–water partition coefficient (Wildman–Crippen LogP) is 3.64. The third-order valence-corrected chi connectivity index (χ3v) is 6.37. The molecule has 7 heteroatoms. The molecule has 0 aliphatic carbocycles. The van der Waals surface area contributed by atoms with Gasteiger partial charge in [-0.2, -0.15) is 0 Å². The van der Waals surface area contributed by atoms with Gasteiger partial charge in [-0.15, -0.1) is 22.9 Å². The Kier molecular flexibility index (Phi) is 5.93. The van der Waals surface area contributed by atoms with Crippen LogP contribution in [0.3, 0.4) is 0 Å². The maximum absolute atomic E-state index is 12.2. The minimum Gasteiger partial charge on any atom is -0.207 e. The molecule has 1 aromatic heterocycles. The van der Waals surface area contributed by atoms with Crippen LogP contribution in [-0.4, -0.2) is 20.3 Å². The summed E-state index contributed by atoms with van der Waals surface area (Å²) in [6.07, 6.45) is 0.608. The van der Waals surface area contributed by atoms with E-state index in [0.29, 0.717) is 16.6 Å². The summed E-state index contributed by atoms with van der Waals surface area (Å²) in [5.74, 6) is 0.616. The zero-order chi connectivity index (χ0) is 13.9. The molecular weight excluding hydrogens is 313 g/mol. The van der Waals surface area contributed by atoms with Gasteiger partial charge in [0, 0.05) is 11.9 Å². The first-order chi connectivity index (χ1) is 8.27. The van der Waals surface area contributed by atoms with Gasteiger partial charge < -0.3 is 0 Å². The minimum atomic E-state index is -3.50. The largest absolute Gasteiger partial charge is 0.250 e. The standard InChI is InChI=1S/C11H17Cl2NO2S2/c1-7(2)9(4-5-12)14-18(15,16)10-6-8(3)11(13)17-10/h6-7,9,14H,4-5H2,1-3H3. The van der Waals surface area contributed by atoms with Gasteiger partial charge in [0.1, 0.15) is 4.21 Å². The van der Waals surface area contributed by atoms with Crippen LogP contribution in [0.4, 0.5) is 0 Å². The highest BCUT2D eigenvalue weighted by Crippen LogP contribution is 2.30. The van der Waals surface area contributed by atoms with E-state index < -0.39 is 10.0 Å². The monoisotopic (exact) mass is 329 g/mol. The van der Waals surface area contributed by atoms with E-state index in [2.05, 4.69) is 4.72 Å². The molecule has 0 aliphatic rings. The lowest BCUT2D eigenvalue weighted by molar-refractivity contribution is 0.439. The zero-order valence-corrected chi connectivity index (χ0v) is 13.7. The van der Waals surface area contributed by atoms with Gasteiger partial charge in [0.25, 0.3) is 0 Å². The van der Waals surface area contributed by atoms with Crippen molar-refractivity contribution in [3.63, 3.8) is 0 Å². The first-order valence-corrected chi connectivity index (χ1v) is 8.83. The summed E-state index contributed by atoms with van der Waals surface area (Å²) in [5.41, 5.74) is 0.778. The molecule has 1 heterocycles. The molecule has 0 aliphatic heterocycles. The molecule has 0 aromatic carbocycles. The van der Waals surface area contributed by atoms with Gasteiger partial charge in [0.05, 0.1) is 4.34 Å². The van der Waals surface area contributed by atoms with Crippen molar-refractivity contribution in [3.05, 3.63) is 16.0 Å². The SMILES string of the molecule is Cc1cc(S(=O)(=O)NC(CCCl)C(C)C)sc1Cl. The van der Waals surface area contributed by atoms with Crippen LogP contribution in [0, 0.1) is 12.8 Å². The molecule has 3 nitrogen and oxygen atoms in total. The molecule has 0 spiro atoms. The Balaban J connectivity index is 2.93. The molecule has 0 saturated heterocycles. The smallest absolute Gasteiger partial charge is 0.207 e. The molecule has 1 atom stereocenters. The normalized spacial score (nSPS) is 14.1. The molecule has 1 rings (SSSR count). The Morgan fingerprint density at radius 2 is 2.06 bits per heavy atom. The van der Waals surface area contributed by atoms with Crippen molar-refractivity contribution in [2.75, 3.05) is 5.88 Å². The van der Waals surface area contributed by atoms with E-state index in [1.54, 1.807) is 13.0 Å². The molecule has 18 heavy (non-hydrogen) atoms. The van der Waals surface area contributed by atoms with Gasteiger partial charge >= 0.3 is 0 Å². The van der Waals surface area contributed by atoms with Crippen molar-refractivity contribution in [2.45, 2.75) is 37.4 Å². The molecule has 104 valence electrons. The van der Waals surface area contributed by atoms with Crippen LogP contribution < -0.4 is 4.72 Å². The number of alkyl halides is 1. The predicted molar refractivity (Wildman–Crippen MR) is 78.4 cm³/mol. The van der Waals surface area contributed by atoms with Crippen molar-refractivity contribution in [3.8, 4) is 0 Å². The van der Waals surface area contributed by atoms with Gasteiger partial charge in [-0.3, -0.25) is 0 Å². The Morgan fingerprint density at radius 3 is 2.44 bits per heavy atom. The fourth-order valence-corrected chi connectivity index (χ4v) is 4.85. The van der Waals surface area contributed by atoms with Crippen molar-refractivity contribution >= 4 is 44.6 Å². The second-order valence-corrected chi connectivity index (χ2v) is 8.44. The average Bonchev–Trinajstić information content (AvgIpc) is 2.59. The third kappa shape index (κ3) is 4.10. The topological polar surface area (TPSA) is 46.2 Å². The van der Waals surface area contributed by atoms with Gasteiger partial charge in [-0.05, 0) is 30.9 Å². The Labute approximate surface area is 123 Å². The van der Waals surface area contributed by atoms with E-state index >= 15 is 0 Å². The van der Waals surface area contributed by atoms with E-state index in [-0.39, 0.29) is 16.2 Å². The van der Waals surface area contributed by atoms with Crippen molar-refractivity contribution < 1.29 is 8.42 Å². The molecule has 0 fully saturated rings. The van der Waals surface area contributed by atoms with Crippen LogP contribution in [0.5, 0.6) is 0 Å². The number of halogens is 2. The number of rotatable bonds is 6. The summed E-state index contributed by atoms with van der Waals surface area (Å²) >= 11 is 12.7. The highest BCUT2D eigenvalue weighted by molar-refractivity contribution is 7.91. The van der Waals surface area contributed by atoms with Gasteiger partial charge in [-0.1, -0.05) is 25.4 Å². The van der Waals surface area contributed by atoms with Gasteiger partial charge in [0.2, 0.25) is 10.0 Å². The molecule has 0 radical (unpaired) electrons. The summed E-state index contributed by atoms with van der Waals surface area (Å²) in [5, 5.41) is 0. The van der Waals surface area contributed by atoms with E-state index in [9.17, 15) is 8.42 Å². The summed E-state index contributed by atoms with van der Waals surface area (Å²) in [6.45, 7) is 5.72. The highest BCUT2D eigenvalue weighted by atomic mass is 35.5. The van der Waals surface area contributed by atoms with E-state index in [1.165, 1.54) is 0 Å². The lowest BCUT2D eigenvalue weighted by Crippen LogP contribution is -2.38. The molecule has 1 N–H and O–H groups in total. The number of nitrogens with one attached hydrogen (secondary N) is 1. The second kappa shape index (κ2) is 6.57. The number of thiophene rings is 1. The first kappa shape index (κ1) is 16.2. The van der Waals surface area contributed by atoms with Crippen LogP contribution >= 0.6 is 34.5 Å². The maximum atomic E-state index is 12.2. The Hall–Kier alpha value is 0.190. The van der Waals surface area contributed by atoms with Crippen molar-refractivity contribution in [1.82, 2.24) is 4.72 Å². The highest BCUT2D eigenvalue weighted by Gasteiger charge is 2.24. The number of aryl methyl sites for hydroxylation is 1. The molecule has 1 unspecified atom stereocenters. The van der Waals surface area contributed by atoms with E-state index in [0.717, 1.165) is 16.9 Å². The van der Waals surface area contributed by atoms with Crippen LogP contribution in [0.2, 0.25) is 4.34 Å². The second-order valence-electron chi connectivity index (χ2n) is 4.47. The summed E-state index contributed by atoms with van der Waals surface area (Å²) in [4.78, 5) is 0. The fraction of sp³-hybridized carbons (Fsp3) is 0.636. The summed E-state index contributed by atoms with van der Waals surface area (Å²) in [6, 6.07) is 1.43. The number of hydrogen-bond donors (Lipinski definition) is 1. The van der Waals surface area contributed by atoms with Gasteiger partial charge in [-0.25, -0.2) is 13.1 Å². The fourth-order valence-electron chi connectivity index (χ4n) is 1.47. The van der Waals surface area contributed by atoms with Crippen LogP contribution in [-0.2, 0) is 10.0 Å². The lowest BCUT2D eigenvalue weighted by atomic mass is 10.0. The molecule has 0 amide bonds. The third-order valence-electron chi connectivity index (χ3n) is 2.63. The van der Waals surface area contributed by atoms with Crippen LogP contribution in [0.1, 0.15) is 25.8 Å². The van der Waals surface area contributed by atoms with E-state index in [1.807, 2.05) is 13.8 Å². The minimum absolute atomic E-state index is 0.159. The van der Waals surface area contributed by atoms with Crippen molar-refractivity contribution in [2.24, 2.45) is 5.92 Å². The van der Waals surface area contributed by atoms with Crippen LogP contribution in [0.15, 0.2) is 10.3 Å². The molecule has 1 aromatic rings. The Morgan fingerprint density at radius 1 is 1.44 bits per heavy atom. The summed E-state index contributed by atoms with van der Waals surface area (Å²) < 4.78 is 27.8. The molecule has 0 bridgehead atoms. The van der Waals surface area contributed by atoms with Crippen molar-refractivity contribution in [1.29, 1.82) is 0 Å². The quantitative estimate of drug-likeness (QED) is 0.810. The van der Waals surface area contributed by atoms with Gasteiger partial charge in [0.15, 0.2) is 0 Å². The first-order valence-electron chi connectivity index (χ1n) is 5.62. The maximum Gasteiger partial charge on any atom is 0.250 e. The van der Waals surface area contributed by atoms with Crippen LogP contribution in [0.25, 0.3) is 0 Å². The average molecular weight is 330 g/mol. The molecule has 0 saturated carbocycles. The van der Waals surface area contributed by atoms with E-state index in [4.69, 9.17) is 23.2 Å². The number of sulfonamides is 1. The number of hydrogen-bond acceptors (Lipinski definition) is 3. The lowest BCUT2D eigenvalue weighted by Gasteiger charge is -2.20.